The molecule has 0 saturated carbocycles. The number of aromatic hydroxyl groups is 1. The third-order valence-corrected chi connectivity index (χ3v) is 2.77. The van der Waals surface area contributed by atoms with E-state index in [1.807, 2.05) is 26.0 Å². The van der Waals surface area contributed by atoms with E-state index < -0.39 is 0 Å². The van der Waals surface area contributed by atoms with Crippen LogP contribution in [0.3, 0.4) is 0 Å². The highest BCUT2D eigenvalue weighted by Crippen LogP contribution is 2.32. The SMILES string of the molecule is CC(C)/N=C/c1cc(Br)c(O)c(Br)c1. The van der Waals surface area contributed by atoms with Gasteiger partial charge in [-0.3, -0.25) is 4.99 Å². The van der Waals surface area contributed by atoms with Crippen molar-refractivity contribution in [3.05, 3.63) is 26.6 Å². The summed E-state index contributed by atoms with van der Waals surface area (Å²) in [6.45, 7) is 4.03. The zero-order chi connectivity index (χ0) is 10.7. The van der Waals surface area contributed by atoms with E-state index in [1.54, 1.807) is 6.21 Å². The number of aliphatic imine (C=N–C) groups is 1. The molecule has 1 rings (SSSR count). The minimum atomic E-state index is 0.215. The van der Waals surface area contributed by atoms with E-state index in [-0.39, 0.29) is 11.8 Å². The van der Waals surface area contributed by atoms with Crippen LogP contribution in [0.2, 0.25) is 0 Å². The first-order valence-corrected chi connectivity index (χ1v) is 5.80. The van der Waals surface area contributed by atoms with Crippen molar-refractivity contribution in [2.24, 2.45) is 4.99 Å². The van der Waals surface area contributed by atoms with Crippen LogP contribution in [0.25, 0.3) is 0 Å². The van der Waals surface area contributed by atoms with Crippen molar-refractivity contribution in [3.8, 4) is 5.75 Å². The van der Waals surface area contributed by atoms with Gasteiger partial charge < -0.3 is 5.11 Å². The second-order valence-corrected chi connectivity index (χ2v) is 4.91. The Kier molecular flexibility index (Phi) is 4.13. The van der Waals surface area contributed by atoms with E-state index in [0.29, 0.717) is 8.95 Å². The molecule has 0 aliphatic rings. The molecule has 0 saturated heterocycles. The first-order chi connectivity index (χ1) is 6.50. The summed E-state index contributed by atoms with van der Waals surface area (Å²) >= 11 is 6.52. The van der Waals surface area contributed by atoms with Crippen LogP contribution in [-0.2, 0) is 0 Å². The van der Waals surface area contributed by atoms with Crippen LogP contribution < -0.4 is 0 Å². The fourth-order valence-electron chi connectivity index (χ4n) is 0.895. The summed E-state index contributed by atoms with van der Waals surface area (Å²) < 4.78 is 1.33. The number of hydrogen-bond donors (Lipinski definition) is 1. The van der Waals surface area contributed by atoms with Crippen LogP contribution in [0, 0.1) is 0 Å². The molecule has 0 fully saturated rings. The minimum absolute atomic E-state index is 0.215. The lowest BCUT2D eigenvalue weighted by Crippen LogP contribution is -1.90. The molecule has 1 aromatic carbocycles. The summed E-state index contributed by atoms with van der Waals surface area (Å²) in [4.78, 5) is 4.26. The maximum atomic E-state index is 9.47. The van der Waals surface area contributed by atoms with Gasteiger partial charge in [-0.05, 0) is 63.4 Å². The van der Waals surface area contributed by atoms with Crippen molar-refractivity contribution in [2.45, 2.75) is 19.9 Å². The van der Waals surface area contributed by atoms with Gasteiger partial charge in [-0.25, -0.2) is 0 Å². The maximum absolute atomic E-state index is 9.47. The molecule has 0 unspecified atom stereocenters. The standard InChI is InChI=1S/C10H11Br2NO/c1-6(2)13-5-7-3-8(11)10(14)9(12)4-7/h3-6,14H,1-2H3/b13-5+. The van der Waals surface area contributed by atoms with E-state index in [1.165, 1.54) is 0 Å². The summed E-state index contributed by atoms with van der Waals surface area (Å²) in [7, 11) is 0. The first kappa shape index (κ1) is 11.7. The quantitative estimate of drug-likeness (QED) is 0.827. The number of hydrogen-bond acceptors (Lipinski definition) is 2. The molecule has 0 radical (unpaired) electrons. The topological polar surface area (TPSA) is 32.6 Å². The van der Waals surface area contributed by atoms with Crippen LogP contribution in [0.5, 0.6) is 5.75 Å². The normalized spacial score (nSPS) is 11.5. The van der Waals surface area contributed by atoms with Gasteiger partial charge in [0.25, 0.3) is 0 Å². The molecule has 1 aromatic rings. The maximum Gasteiger partial charge on any atom is 0.143 e. The Morgan fingerprint density at radius 2 is 1.79 bits per heavy atom. The van der Waals surface area contributed by atoms with Crippen LogP contribution in [0.1, 0.15) is 19.4 Å². The summed E-state index contributed by atoms with van der Waals surface area (Å²) in [5.41, 5.74) is 0.954. The molecule has 0 atom stereocenters. The van der Waals surface area contributed by atoms with Crippen molar-refractivity contribution in [1.29, 1.82) is 0 Å². The number of rotatable bonds is 2. The van der Waals surface area contributed by atoms with Crippen molar-refractivity contribution in [1.82, 2.24) is 0 Å². The fraction of sp³-hybridized carbons (Fsp3) is 0.300. The number of halogens is 2. The Morgan fingerprint density at radius 1 is 1.29 bits per heavy atom. The average molecular weight is 321 g/mol. The van der Waals surface area contributed by atoms with Gasteiger partial charge in [0.15, 0.2) is 0 Å². The third-order valence-electron chi connectivity index (χ3n) is 1.56. The molecule has 1 N–H and O–H groups in total. The lowest BCUT2D eigenvalue weighted by atomic mass is 10.2. The van der Waals surface area contributed by atoms with Crippen molar-refractivity contribution >= 4 is 38.1 Å². The molecule has 2 nitrogen and oxygen atoms in total. The Bertz CT molecular complexity index is 338. The van der Waals surface area contributed by atoms with Gasteiger partial charge in [-0.1, -0.05) is 0 Å². The molecule has 0 aliphatic carbocycles. The number of nitrogens with zero attached hydrogens (tertiary/aromatic N) is 1. The number of phenols is 1. The molecule has 0 bridgehead atoms. The third kappa shape index (κ3) is 3.10. The zero-order valence-electron chi connectivity index (χ0n) is 7.96. The predicted molar refractivity (Wildman–Crippen MR) is 66.2 cm³/mol. The minimum Gasteiger partial charge on any atom is -0.506 e. The van der Waals surface area contributed by atoms with E-state index in [9.17, 15) is 5.11 Å². The zero-order valence-corrected chi connectivity index (χ0v) is 11.1. The second-order valence-electron chi connectivity index (χ2n) is 3.21. The number of benzene rings is 1. The van der Waals surface area contributed by atoms with E-state index in [4.69, 9.17) is 0 Å². The van der Waals surface area contributed by atoms with Gasteiger partial charge in [0.2, 0.25) is 0 Å². The van der Waals surface area contributed by atoms with Crippen molar-refractivity contribution in [3.63, 3.8) is 0 Å². The average Bonchev–Trinajstić information content (AvgIpc) is 2.10. The summed E-state index contributed by atoms with van der Waals surface area (Å²) in [5.74, 6) is 0.215. The van der Waals surface area contributed by atoms with Crippen LogP contribution in [-0.4, -0.2) is 17.4 Å². The Labute approximate surface area is 100 Å². The molecule has 0 aromatic heterocycles. The molecular formula is C10H11Br2NO. The highest BCUT2D eigenvalue weighted by molar-refractivity contribution is 9.11. The van der Waals surface area contributed by atoms with Crippen LogP contribution in [0.4, 0.5) is 0 Å². The van der Waals surface area contributed by atoms with Gasteiger partial charge >= 0.3 is 0 Å². The highest BCUT2D eigenvalue weighted by atomic mass is 79.9. The van der Waals surface area contributed by atoms with Crippen LogP contribution >= 0.6 is 31.9 Å². The molecule has 0 spiro atoms. The van der Waals surface area contributed by atoms with Gasteiger partial charge in [0.05, 0.1) is 8.95 Å². The number of phenolic OH excluding ortho intramolecular Hbond substituents is 1. The van der Waals surface area contributed by atoms with Gasteiger partial charge in [0.1, 0.15) is 5.75 Å². The van der Waals surface area contributed by atoms with E-state index in [2.05, 4.69) is 36.9 Å². The van der Waals surface area contributed by atoms with Crippen molar-refractivity contribution in [2.75, 3.05) is 0 Å². The molecule has 0 aliphatic heterocycles. The molecule has 4 heteroatoms. The molecule has 0 heterocycles. The molecule has 14 heavy (non-hydrogen) atoms. The fourth-order valence-corrected chi connectivity index (χ4v) is 2.12. The predicted octanol–water partition coefficient (Wildman–Crippen LogP) is 3.74. The largest absolute Gasteiger partial charge is 0.506 e. The van der Waals surface area contributed by atoms with Gasteiger partial charge in [0, 0.05) is 12.3 Å². The summed E-state index contributed by atoms with van der Waals surface area (Å²) in [6.07, 6.45) is 1.79. The van der Waals surface area contributed by atoms with Gasteiger partial charge in [-0.2, -0.15) is 0 Å². The highest BCUT2D eigenvalue weighted by Gasteiger charge is 2.04. The molecule has 76 valence electrons. The molecule has 0 amide bonds. The van der Waals surface area contributed by atoms with Crippen molar-refractivity contribution < 1.29 is 5.11 Å². The second kappa shape index (κ2) is 4.94. The lowest BCUT2D eigenvalue weighted by Gasteiger charge is -2.02. The van der Waals surface area contributed by atoms with Gasteiger partial charge in [-0.15, -0.1) is 0 Å². The Morgan fingerprint density at radius 3 is 2.21 bits per heavy atom. The molecular weight excluding hydrogens is 310 g/mol. The van der Waals surface area contributed by atoms with E-state index >= 15 is 0 Å². The van der Waals surface area contributed by atoms with Crippen LogP contribution in [0.15, 0.2) is 26.1 Å². The summed E-state index contributed by atoms with van der Waals surface area (Å²) in [6, 6.07) is 3.93. The monoisotopic (exact) mass is 319 g/mol. The lowest BCUT2D eigenvalue weighted by molar-refractivity contribution is 0.468. The Balaban J connectivity index is 3.01. The first-order valence-electron chi connectivity index (χ1n) is 4.22. The van der Waals surface area contributed by atoms with E-state index in [0.717, 1.165) is 5.56 Å². The Hall–Kier alpha value is -0.350. The summed E-state index contributed by atoms with van der Waals surface area (Å²) in [5, 5.41) is 9.47. The smallest absolute Gasteiger partial charge is 0.143 e.